The molecule has 1 aromatic heterocycles. The van der Waals surface area contributed by atoms with E-state index in [9.17, 15) is 9.18 Å². The maximum atomic E-state index is 13.5. The molecule has 1 aliphatic rings. The number of rotatable bonds is 6. The van der Waals surface area contributed by atoms with E-state index in [0.717, 1.165) is 31.1 Å². The minimum atomic E-state index is -0.412. The summed E-state index contributed by atoms with van der Waals surface area (Å²) in [5, 5.41) is 7.87. The number of thiazole rings is 1. The van der Waals surface area contributed by atoms with Gasteiger partial charge < -0.3 is 10.2 Å². The zero-order valence-electron chi connectivity index (χ0n) is 14.0. The smallest absolute Gasteiger partial charge is 0.259 e. The van der Waals surface area contributed by atoms with Crippen LogP contribution in [0.4, 0.5) is 15.2 Å². The lowest BCUT2D eigenvalue weighted by atomic mass is 10.1. The van der Waals surface area contributed by atoms with Gasteiger partial charge >= 0.3 is 0 Å². The molecule has 6 nitrogen and oxygen atoms in total. The first-order valence-corrected chi connectivity index (χ1v) is 9.54. The van der Waals surface area contributed by atoms with Crippen LogP contribution in [0.3, 0.4) is 0 Å². The fourth-order valence-corrected chi connectivity index (χ4v) is 3.76. The molecule has 0 spiro atoms. The van der Waals surface area contributed by atoms with Gasteiger partial charge in [-0.15, -0.1) is 0 Å². The Bertz CT molecular complexity index is 791. The molecule has 0 aliphatic carbocycles. The maximum Gasteiger partial charge on any atom is 0.259 e. The van der Waals surface area contributed by atoms with E-state index < -0.39 is 5.82 Å². The second-order valence-corrected chi connectivity index (χ2v) is 7.19. The van der Waals surface area contributed by atoms with Gasteiger partial charge in [0.2, 0.25) is 0 Å². The minimum absolute atomic E-state index is 0.0896. The van der Waals surface area contributed by atoms with Gasteiger partial charge in [-0.25, -0.2) is 14.8 Å². The highest BCUT2D eigenvalue weighted by Crippen LogP contribution is 2.30. The van der Waals surface area contributed by atoms with E-state index in [2.05, 4.69) is 25.7 Å². The summed E-state index contributed by atoms with van der Waals surface area (Å²) in [7, 11) is 0. The molecule has 0 radical (unpaired) electrons. The Balaban J connectivity index is 1.51. The van der Waals surface area contributed by atoms with Crippen molar-refractivity contribution in [2.75, 3.05) is 29.9 Å². The SMILES string of the molecule is O=C(CNc1ccccc1F)N/N=C/c1sc(N2CCCCC2)nc1Cl. The number of hydrogen-bond donors (Lipinski definition) is 2. The van der Waals surface area contributed by atoms with E-state index in [-0.39, 0.29) is 18.1 Å². The molecule has 3 rings (SSSR count). The van der Waals surface area contributed by atoms with Crippen molar-refractivity contribution in [3.8, 4) is 0 Å². The van der Waals surface area contributed by atoms with Crippen LogP contribution in [-0.4, -0.2) is 36.7 Å². The zero-order valence-corrected chi connectivity index (χ0v) is 15.6. The molecule has 2 N–H and O–H groups in total. The second kappa shape index (κ2) is 8.95. The van der Waals surface area contributed by atoms with Crippen molar-refractivity contribution in [3.05, 3.63) is 40.1 Å². The lowest BCUT2D eigenvalue weighted by molar-refractivity contribution is -0.119. The van der Waals surface area contributed by atoms with Gasteiger partial charge in [0.05, 0.1) is 23.3 Å². The Morgan fingerprint density at radius 3 is 2.88 bits per heavy atom. The molecule has 1 amide bonds. The Kier molecular flexibility index (Phi) is 6.40. The Morgan fingerprint density at radius 1 is 1.35 bits per heavy atom. The lowest BCUT2D eigenvalue weighted by Gasteiger charge is -2.25. The lowest BCUT2D eigenvalue weighted by Crippen LogP contribution is -2.29. The average Bonchev–Trinajstić information content (AvgIpc) is 3.03. The summed E-state index contributed by atoms with van der Waals surface area (Å²) in [6.45, 7) is 1.88. The predicted octanol–water partition coefficient (Wildman–Crippen LogP) is 3.49. The molecule has 2 heterocycles. The quantitative estimate of drug-likeness (QED) is 0.580. The zero-order chi connectivity index (χ0) is 18.4. The van der Waals surface area contributed by atoms with Crippen molar-refractivity contribution in [2.45, 2.75) is 19.3 Å². The van der Waals surface area contributed by atoms with E-state index >= 15 is 0 Å². The van der Waals surface area contributed by atoms with Crippen molar-refractivity contribution >= 4 is 45.9 Å². The minimum Gasteiger partial charge on any atom is -0.374 e. The van der Waals surface area contributed by atoms with E-state index in [1.165, 1.54) is 30.0 Å². The fraction of sp³-hybridized carbons (Fsp3) is 0.353. The number of aromatic nitrogens is 1. The third-order valence-electron chi connectivity index (χ3n) is 3.91. The standard InChI is InChI=1S/C17H19ClFN5OS/c18-16-14(26-17(22-16)24-8-4-1-5-9-24)10-21-23-15(25)11-20-13-7-3-2-6-12(13)19/h2-3,6-7,10,20H,1,4-5,8-9,11H2,(H,23,25)/b21-10+. The molecule has 26 heavy (non-hydrogen) atoms. The van der Waals surface area contributed by atoms with Crippen LogP contribution in [0.2, 0.25) is 5.15 Å². The molecular weight excluding hydrogens is 377 g/mol. The van der Waals surface area contributed by atoms with Crippen LogP contribution in [0.5, 0.6) is 0 Å². The van der Waals surface area contributed by atoms with Crippen molar-refractivity contribution in [2.24, 2.45) is 5.10 Å². The number of halogens is 2. The first kappa shape index (κ1) is 18.6. The monoisotopic (exact) mass is 395 g/mol. The van der Waals surface area contributed by atoms with Crippen molar-refractivity contribution in [3.63, 3.8) is 0 Å². The number of para-hydroxylation sites is 1. The molecular formula is C17H19ClFN5OS. The predicted molar refractivity (Wildman–Crippen MR) is 104 cm³/mol. The Hall–Kier alpha value is -2.19. The van der Waals surface area contributed by atoms with Crippen LogP contribution in [0, 0.1) is 5.82 Å². The van der Waals surface area contributed by atoms with Gasteiger partial charge in [0.25, 0.3) is 5.91 Å². The molecule has 138 valence electrons. The van der Waals surface area contributed by atoms with Gasteiger partial charge in [0.15, 0.2) is 10.3 Å². The van der Waals surface area contributed by atoms with E-state index in [1.807, 2.05) is 0 Å². The summed E-state index contributed by atoms with van der Waals surface area (Å²) in [5.41, 5.74) is 2.66. The van der Waals surface area contributed by atoms with Gasteiger partial charge in [-0.05, 0) is 31.4 Å². The number of carbonyl (C=O) groups excluding carboxylic acids is 1. The first-order valence-electron chi connectivity index (χ1n) is 8.35. The number of nitrogens with one attached hydrogen (secondary N) is 2. The first-order chi connectivity index (χ1) is 12.6. The third kappa shape index (κ3) is 4.92. The number of benzene rings is 1. The number of piperidine rings is 1. The molecule has 0 saturated carbocycles. The molecule has 0 unspecified atom stereocenters. The summed E-state index contributed by atoms with van der Waals surface area (Å²) < 4.78 is 13.5. The Morgan fingerprint density at radius 2 is 2.12 bits per heavy atom. The molecule has 1 aliphatic heterocycles. The van der Waals surface area contributed by atoms with Gasteiger partial charge in [0.1, 0.15) is 5.82 Å². The maximum absolute atomic E-state index is 13.5. The number of amides is 1. The Labute approximate surface area is 160 Å². The van der Waals surface area contributed by atoms with Crippen LogP contribution < -0.4 is 15.6 Å². The number of carbonyl (C=O) groups is 1. The number of anilines is 2. The fourth-order valence-electron chi connectivity index (χ4n) is 2.58. The van der Waals surface area contributed by atoms with Crippen LogP contribution in [0.15, 0.2) is 29.4 Å². The van der Waals surface area contributed by atoms with E-state index in [1.54, 1.807) is 18.2 Å². The highest BCUT2D eigenvalue weighted by molar-refractivity contribution is 7.17. The van der Waals surface area contributed by atoms with Crippen molar-refractivity contribution < 1.29 is 9.18 Å². The van der Waals surface area contributed by atoms with Crippen molar-refractivity contribution in [1.29, 1.82) is 0 Å². The largest absolute Gasteiger partial charge is 0.374 e. The third-order valence-corrected chi connectivity index (χ3v) is 5.36. The topological polar surface area (TPSA) is 69.6 Å². The summed E-state index contributed by atoms with van der Waals surface area (Å²) in [4.78, 5) is 19.1. The van der Waals surface area contributed by atoms with Crippen LogP contribution >= 0.6 is 22.9 Å². The second-order valence-electron chi connectivity index (χ2n) is 5.83. The molecule has 1 fully saturated rings. The summed E-state index contributed by atoms with van der Waals surface area (Å²) in [6, 6.07) is 6.16. The van der Waals surface area contributed by atoms with Gasteiger partial charge in [-0.2, -0.15) is 5.10 Å². The van der Waals surface area contributed by atoms with Crippen LogP contribution in [-0.2, 0) is 4.79 Å². The molecule has 2 aromatic rings. The molecule has 1 aromatic carbocycles. The van der Waals surface area contributed by atoms with E-state index in [4.69, 9.17) is 11.6 Å². The average molecular weight is 396 g/mol. The molecule has 1 saturated heterocycles. The number of hydrogen-bond acceptors (Lipinski definition) is 6. The molecule has 0 bridgehead atoms. The summed E-state index contributed by atoms with van der Waals surface area (Å²) >= 11 is 7.60. The normalized spacial score (nSPS) is 14.6. The van der Waals surface area contributed by atoms with E-state index in [0.29, 0.717) is 10.0 Å². The van der Waals surface area contributed by atoms with Gasteiger partial charge in [-0.3, -0.25) is 4.79 Å². The van der Waals surface area contributed by atoms with Gasteiger partial charge in [0, 0.05) is 13.1 Å². The van der Waals surface area contributed by atoms with Crippen molar-refractivity contribution in [1.82, 2.24) is 10.4 Å². The highest BCUT2D eigenvalue weighted by Gasteiger charge is 2.16. The number of hydrazone groups is 1. The van der Waals surface area contributed by atoms with Crippen LogP contribution in [0.1, 0.15) is 24.1 Å². The van der Waals surface area contributed by atoms with Gasteiger partial charge in [-0.1, -0.05) is 35.1 Å². The summed E-state index contributed by atoms with van der Waals surface area (Å²) in [6.07, 6.45) is 5.04. The number of nitrogens with zero attached hydrogens (tertiary/aromatic N) is 3. The highest BCUT2D eigenvalue weighted by atomic mass is 35.5. The molecule has 0 atom stereocenters. The summed E-state index contributed by atoms with van der Waals surface area (Å²) in [5.74, 6) is -0.799. The van der Waals surface area contributed by atoms with Crippen LogP contribution in [0.25, 0.3) is 0 Å². The molecule has 9 heteroatoms.